The van der Waals surface area contributed by atoms with E-state index in [-0.39, 0.29) is 5.91 Å². The summed E-state index contributed by atoms with van der Waals surface area (Å²) in [5.74, 6) is -0.00334. The van der Waals surface area contributed by atoms with Crippen LogP contribution in [-0.4, -0.2) is 28.5 Å². The zero-order chi connectivity index (χ0) is 13.7. The third-order valence-corrected chi connectivity index (χ3v) is 2.66. The molecule has 2 rings (SSSR count). The van der Waals surface area contributed by atoms with Crippen molar-refractivity contribution < 1.29 is 4.79 Å². The molecule has 0 aliphatic rings. The summed E-state index contributed by atoms with van der Waals surface area (Å²) in [7, 11) is 0. The monoisotopic (exact) mass is 258 g/mol. The molecule has 0 radical (unpaired) electrons. The number of benzene rings is 1. The van der Waals surface area contributed by atoms with Gasteiger partial charge in [-0.1, -0.05) is 13.8 Å². The number of rotatable bonds is 5. The lowest BCUT2D eigenvalue weighted by atomic mass is 10.2. The number of amides is 1. The second kappa shape index (κ2) is 6.24. The van der Waals surface area contributed by atoms with Crippen molar-refractivity contribution in [3.63, 3.8) is 0 Å². The summed E-state index contributed by atoms with van der Waals surface area (Å²) < 4.78 is 0. The number of nitrogens with zero attached hydrogens (tertiary/aromatic N) is 2. The minimum Gasteiger partial charge on any atom is -0.326 e. The van der Waals surface area contributed by atoms with E-state index in [2.05, 4.69) is 34.4 Å². The molecule has 0 bridgehead atoms. The zero-order valence-corrected chi connectivity index (χ0v) is 11.2. The van der Waals surface area contributed by atoms with Gasteiger partial charge in [0.25, 0.3) is 0 Å². The highest BCUT2D eigenvalue weighted by molar-refractivity contribution is 5.92. The van der Waals surface area contributed by atoms with Crippen LogP contribution in [0.2, 0.25) is 0 Å². The number of carbonyl (C=O) groups excluding carboxylic acids is 1. The van der Waals surface area contributed by atoms with Gasteiger partial charge in [0.2, 0.25) is 5.91 Å². The predicted molar refractivity (Wildman–Crippen MR) is 75.9 cm³/mol. The minimum absolute atomic E-state index is 0.00334. The molecule has 1 aromatic carbocycles. The first-order valence-electron chi connectivity index (χ1n) is 6.39. The Hall–Kier alpha value is -2.01. The van der Waals surface area contributed by atoms with Crippen molar-refractivity contribution in [3.05, 3.63) is 30.6 Å². The topological polar surface area (TPSA) is 66.9 Å². The molecule has 0 unspecified atom stereocenters. The second-order valence-electron chi connectivity index (χ2n) is 4.67. The van der Waals surface area contributed by atoms with E-state index >= 15 is 0 Å². The maximum Gasteiger partial charge on any atom is 0.225 e. The van der Waals surface area contributed by atoms with Crippen LogP contribution < -0.4 is 10.6 Å². The van der Waals surface area contributed by atoms with Gasteiger partial charge in [-0.3, -0.25) is 14.8 Å². The standard InChI is InChI=1S/C14H18N4O/c1-10(2)15-6-5-14(19)18-11-3-4-12-13(9-11)17-8-7-16-12/h3-4,7-10,15H,5-6H2,1-2H3,(H,18,19). The summed E-state index contributed by atoms with van der Waals surface area (Å²) in [5, 5.41) is 6.07. The van der Waals surface area contributed by atoms with Crippen LogP contribution in [0.15, 0.2) is 30.6 Å². The third-order valence-electron chi connectivity index (χ3n) is 2.66. The molecule has 2 aromatic rings. The molecule has 0 saturated heterocycles. The van der Waals surface area contributed by atoms with Gasteiger partial charge >= 0.3 is 0 Å². The van der Waals surface area contributed by atoms with Gasteiger partial charge in [0.1, 0.15) is 0 Å². The van der Waals surface area contributed by atoms with Crippen molar-refractivity contribution in [3.8, 4) is 0 Å². The second-order valence-corrected chi connectivity index (χ2v) is 4.67. The van der Waals surface area contributed by atoms with Crippen molar-refractivity contribution in [2.45, 2.75) is 26.3 Å². The van der Waals surface area contributed by atoms with E-state index in [4.69, 9.17) is 0 Å². The first kappa shape index (κ1) is 13.4. The highest BCUT2D eigenvalue weighted by Crippen LogP contribution is 2.14. The van der Waals surface area contributed by atoms with Gasteiger partial charge in [-0.25, -0.2) is 0 Å². The molecule has 5 nitrogen and oxygen atoms in total. The minimum atomic E-state index is -0.00334. The summed E-state index contributed by atoms with van der Waals surface area (Å²) >= 11 is 0. The molecule has 0 atom stereocenters. The van der Waals surface area contributed by atoms with Gasteiger partial charge < -0.3 is 10.6 Å². The molecule has 2 N–H and O–H groups in total. The Morgan fingerprint density at radius 3 is 2.68 bits per heavy atom. The van der Waals surface area contributed by atoms with E-state index in [0.29, 0.717) is 19.0 Å². The number of hydrogen-bond acceptors (Lipinski definition) is 4. The molecule has 0 aliphatic carbocycles. The van der Waals surface area contributed by atoms with Gasteiger partial charge in [0, 0.05) is 37.1 Å². The maximum atomic E-state index is 11.7. The van der Waals surface area contributed by atoms with Gasteiger partial charge in [-0.2, -0.15) is 0 Å². The quantitative estimate of drug-likeness (QED) is 0.860. The molecule has 0 fully saturated rings. The summed E-state index contributed by atoms with van der Waals surface area (Å²) in [6.45, 7) is 4.79. The number of fused-ring (bicyclic) bond motifs is 1. The highest BCUT2D eigenvalue weighted by atomic mass is 16.1. The van der Waals surface area contributed by atoms with Gasteiger partial charge in [-0.15, -0.1) is 0 Å². The lowest BCUT2D eigenvalue weighted by Crippen LogP contribution is -2.27. The lowest BCUT2D eigenvalue weighted by molar-refractivity contribution is -0.116. The molecule has 1 amide bonds. The molecular formula is C14H18N4O. The van der Waals surface area contributed by atoms with Crippen LogP contribution in [0.5, 0.6) is 0 Å². The Morgan fingerprint density at radius 1 is 1.21 bits per heavy atom. The fraction of sp³-hybridized carbons (Fsp3) is 0.357. The number of carbonyl (C=O) groups is 1. The van der Waals surface area contributed by atoms with E-state index in [1.807, 2.05) is 18.2 Å². The maximum absolute atomic E-state index is 11.7. The Balaban J connectivity index is 1.95. The predicted octanol–water partition coefficient (Wildman–Crippen LogP) is 1.96. The summed E-state index contributed by atoms with van der Waals surface area (Å²) in [5.41, 5.74) is 2.35. The SMILES string of the molecule is CC(C)NCCC(=O)Nc1ccc2nccnc2c1. The zero-order valence-electron chi connectivity index (χ0n) is 11.2. The van der Waals surface area contributed by atoms with Gasteiger partial charge in [0.05, 0.1) is 11.0 Å². The lowest BCUT2D eigenvalue weighted by Gasteiger charge is -2.08. The Morgan fingerprint density at radius 2 is 1.95 bits per heavy atom. The van der Waals surface area contributed by atoms with Gasteiger partial charge in [0.15, 0.2) is 0 Å². The first-order chi connectivity index (χ1) is 9.15. The normalized spacial score (nSPS) is 10.9. The molecule has 1 heterocycles. The third kappa shape index (κ3) is 3.99. The largest absolute Gasteiger partial charge is 0.326 e. The van der Waals surface area contributed by atoms with E-state index in [1.165, 1.54) is 0 Å². The Bertz CT molecular complexity index is 568. The van der Waals surface area contributed by atoms with Crippen molar-refractivity contribution in [2.75, 3.05) is 11.9 Å². The average molecular weight is 258 g/mol. The molecule has 0 spiro atoms. The first-order valence-corrected chi connectivity index (χ1v) is 6.39. The van der Waals surface area contributed by atoms with Crippen LogP contribution >= 0.6 is 0 Å². The van der Waals surface area contributed by atoms with Gasteiger partial charge in [-0.05, 0) is 18.2 Å². The molecule has 1 aromatic heterocycles. The summed E-state index contributed by atoms with van der Waals surface area (Å²) in [6, 6.07) is 5.91. The van der Waals surface area contributed by atoms with Crippen LogP contribution in [0, 0.1) is 0 Å². The smallest absolute Gasteiger partial charge is 0.225 e. The fourth-order valence-electron chi connectivity index (χ4n) is 1.74. The average Bonchev–Trinajstić information content (AvgIpc) is 2.38. The van der Waals surface area contributed by atoms with Crippen molar-refractivity contribution in [1.82, 2.24) is 15.3 Å². The molecule has 0 saturated carbocycles. The van der Waals surface area contributed by atoms with Crippen LogP contribution in [-0.2, 0) is 4.79 Å². The highest BCUT2D eigenvalue weighted by Gasteiger charge is 2.04. The Labute approximate surface area is 112 Å². The number of anilines is 1. The van der Waals surface area contributed by atoms with E-state index in [9.17, 15) is 4.79 Å². The number of aromatic nitrogens is 2. The molecule has 0 aliphatic heterocycles. The molecule has 19 heavy (non-hydrogen) atoms. The van der Waals surface area contributed by atoms with Crippen LogP contribution in [0.4, 0.5) is 5.69 Å². The van der Waals surface area contributed by atoms with Crippen molar-refractivity contribution >= 4 is 22.6 Å². The fourth-order valence-corrected chi connectivity index (χ4v) is 1.74. The summed E-state index contributed by atoms with van der Waals surface area (Å²) in [6.07, 6.45) is 3.75. The molecular weight excluding hydrogens is 240 g/mol. The number of nitrogens with one attached hydrogen (secondary N) is 2. The van der Waals surface area contributed by atoms with Crippen molar-refractivity contribution in [2.24, 2.45) is 0 Å². The van der Waals surface area contributed by atoms with E-state index in [0.717, 1.165) is 16.7 Å². The Kier molecular flexibility index (Phi) is 4.41. The van der Waals surface area contributed by atoms with Crippen LogP contribution in [0.3, 0.4) is 0 Å². The van der Waals surface area contributed by atoms with Crippen LogP contribution in [0.1, 0.15) is 20.3 Å². The molecule has 100 valence electrons. The van der Waals surface area contributed by atoms with E-state index in [1.54, 1.807) is 12.4 Å². The summed E-state index contributed by atoms with van der Waals surface area (Å²) in [4.78, 5) is 20.1. The van der Waals surface area contributed by atoms with Crippen LogP contribution in [0.25, 0.3) is 11.0 Å². The van der Waals surface area contributed by atoms with E-state index < -0.39 is 0 Å². The molecule has 5 heteroatoms. The van der Waals surface area contributed by atoms with Crippen molar-refractivity contribution in [1.29, 1.82) is 0 Å². The number of hydrogen-bond donors (Lipinski definition) is 2.